The Bertz CT molecular complexity index is 307. The normalized spacial score (nSPS) is 26.3. The van der Waals surface area contributed by atoms with E-state index < -0.39 is 8.32 Å². The third-order valence-corrected chi connectivity index (χ3v) is 8.86. The highest BCUT2D eigenvalue weighted by Gasteiger charge is 2.42. The van der Waals surface area contributed by atoms with Gasteiger partial charge in [-0.3, -0.25) is 4.79 Å². The van der Waals surface area contributed by atoms with Crippen LogP contribution >= 0.6 is 0 Å². The van der Waals surface area contributed by atoms with Crippen molar-refractivity contribution in [1.29, 1.82) is 0 Å². The van der Waals surface area contributed by atoms with E-state index in [1.54, 1.807) is 0 Å². The Morgan fingerprint density at radius 2 is 1.89 bits per heavy atom. The monoisotopic (exact) mass is 271 g/mol. The molecule has 0 unspecified atom stereocenters. The highest BCUT2D eigenvalue weighted by atomic mass is 28.4. The highest BCUT2D eigenvalue weighted by molar-refractivity contribution is 6.74. The number of piperidine rings is 1. The molecule has 0 radical (unpaired) electrons. The number of hydrogen-bond acceptors (Lipinski definition) is 2. The van der Waals surface area contributed by atoms with Gasteiger partial charge in [0.15, 0.2) is 8.32 Å². The lowest BCUT2D eigenvalue weighted by Gasteiger charge is -2.44. The van der Waals surface area contributed by atoms with Crippen LogP contribution < -0.4 is 5.32 Å². The van der Waals surface area contributed by atoms with Crippen LogP contribution in [0.15, 0.2) is 0 Å². The molecule has 4 heteroatoms. The van der Waals surface area contributed by atoms with E-state index in [9.17, 15) is 4.79 Å². The van der Waals surface area contributed by atoms with Crippen molar-refractivity contribution in [1.82, 2.24) is 5.32 Å². The Hall–Kier alpha value is -0.353. The van der Waals surface area contributed by atoms with E-state index in [4.69, 9.17) is 4.43 Å². The fourth-order valence-corrected chi connectivity index (χ4v) is 3.46. The van der Waals surface area contributed by atoms with Crippen LogP contribution in [0.5, 0.6) is 0 Å². The Labute approximate surface area is 113 Å². The third-order valence-electron chi connectivity index (χ3n) is 4.35. The summed E-state index contributed by atoms with van der Waals surface area (Å²) in [4.78, 5) is 11.5. The number of carbonyl (C=O) groups is 1. The SMILES string of the molecule is CC(C)[C@@H]1NC(=O)CC[C@H]1O[Si](C)(C)C(C)(C)C. The summed E-state index contributed by atoms with van der Waals surface area (Å²) in [5, 5.41) is 3.32. The molecule has 0 aliphatic carbocycles. The Balaban J connectivity index is 2.78. The van der Waals surface area contributed by atoms with Crippen LogP contribution in [-0.4, -0.2) is 26.4 Å². The lowest BCUT2D eigenvalue weighted by molar-refractivity contribution is -0.126. The van der Waals surface area contributed by atoms with E-state index in [1.165, 1.54) is 0 Å². The minimum absolute atomic E-state index is 0.167. The summed E-state index contributed by atoms with van der Waals surface area (Å²) < 4.78 is 6.49. The molecule has 1 aliphatic heterocycles. The van der Waals surface area contributed by atoms with Gasteiger partial charge < -0.3 is 9.74 Å². The summed E-state index contributed by atoms with van der Waals surface area (Å²) >= 11 is 0. The smallest absolute Gasteiger partial charge is 0.220 e. The molecule has 1 N–H and O–H groups in total. The molecule has 0 spiro atoms. The lowest BCUT2D eigenvalue weighted by atomic mass is 9.92. The molecular formula is C14H29NO2Si. The summed E-state index contributed by atoms with van der Waals surface area (Å²) in [6.07, 6.45) is 1.65. The van der Waals surface area contributed by atoms with Crippen LogP contribution in [-0.2, 0) is 9.22 Å². The van der Waals surface area contributed by atoms with Crippen LogP contribution in [0.4, 0.5) is 0 Å². The zero-order valence-corrected chi connectivity index (χ0v) is 14.0. The van der Waals surface area contributed by atoms with E-state index >= 15 is 0 Å². The molecule has 1 aliphatic rings. The molecule has 0 aromatic heterocycles. The average Bonchev–Trinajstić information content (AvgIpc) is 2.18. The maximum absolute atomic E-state index is 11.5. The minimum atomic E-state index is -1.75. The third kappa shape index (κ3) is 3.57. The molecule has 106 valence electrons. The molecule has 0 aromatic rings. The van der Waals surface area contributed by atoms with Crippen LogP contribution in [0, 0.1) is 5.92 Å². The number of rotatable bonds is 3. The summed E-state index contributed by atoms with van der Waals surface area (Å²) in [5.41, 5.74) is 0. The Kier molecular flexibility index (Phi) is 4.65. The maximum atomic E-state index is 11.5. The lowest BCUT2D eigenvalue weighted by Crippen LogP contribution is -2.56. The van der Waals surface area contributed by atoms with Gasteiger partial charge in [0.2, 0.25) is 5.91 Å². The first kappa shape index (κ1) is 15.7. The largest absolute Gasteiger partial charge is 0.412 e. The van der Waals surface area contributed by atoms with Gasteiger partial charge in [-0.1, -0.05) is 34.6 Å². The molecule has 1 heterocycles. The topological polar surface area (TPSA) is 38.3 Å². The fourth-order valence-electron chi connectivity index (χ4n) is 2.09. The standard InChI is InChI=1S/C14H29NO2Si/c1-10(2)13-11(8-9-12(16)15-13)17-18(6,7)14(3,4)5/h10-11,13H,8-9H2,1-7H3,(H,15,16)/t11-,13+/m1/s1. The van der Waals surface area contributed by atoms with Gasteiger partial charge in [-0.05, 0) is 30.5 Å². The number of nitrogens with one attached hydrogen (secondary N) is 1. The second kappa shape index (κ2) is 5.33. The van der Waals surface area contributed by atoms with E-state index in [1.807, 2.05) is 0 Å². The van der Waals surface area contributed by atoms with Gasteiger partial charge in [-0.2, -0.15) is 0 Å². The van der Waals surface area contributed by atoms with Crippen LogP contribution in [0.1, 0.15) is 47.5 Å². The minimum Gasteiger partial charge on any atom is -0.412 e. The summed E-state index contributed by atoms with van der Waals surface area (Å²) in [6, 6.07) is 0.167. The predicted molar refractivity (Wildman–Crippen MR) is 78.1 cm³/mol. The first-order chi connectivity index (χ1) is 8.04. The number of amides is 1. The molecule has 1 fully saturated rings. The van der Waals surface area contributed by atoms with Gasteiger partial charge >= 0.3 is 0 Å². The van der Waals surface area contributed by atoms with Gasteiger partial charge in [0, 0.05) is 6.42 Å². The predicted octanol–water partition coefficient (Wildman–Crippen LogP) is 3.31. The van der Waals surface area contributed by atoms with Crippen molar-refractivity contribution in [3.8, 4) is 0 Å². The number of carbonyl (C=O) groups excluding carboxylic acids is 1. The second-order valence-electron chi connectivity index (χ2n) is 7.29. The summed E-state index contributed by atoms with van der Waals surface area (Å²) in [5.74, 6) is 0.591. The van der Waals surface area contributed by atoms with E-state index in [0.29, 0.717) is 12.3 Å². The molecule has 2 atom stereocenters. The van der Waals surface area contributed by atoms with Gasteiger partial charge in [0.05, 0.1) is 12.1 Å². The molecule has 0 aromatic carbocycles. The molecule has 1 saturated heterocycles. The van der Waals surface area contributed by atoms with Gasteiger partial charge in [-0.25, -0.2) is 0 Å². The highest BCUT2D eigenvalue weighted by Crippen LogP contribution is 2.38. The molecular weight excluding hydrogens is 242 g/mol. The molecule has 3 nitrogen and oxygen atoms in total. The zero-order chi connectivity index (χ0) is 14.1. The molecule has 18 heavy (non-hydrogen) atoms. The Morgan fingerprint density at radius 3 is 2.33 bits per heavy atom. The van der Waals surface area contributed by atoms with E-state index in [2.05, 4.69) is 53.0 Å². The van der Waals surface area contributed by atoms with Crippen molar-refractivity contribution < 1.29 is 9.22 Å². The molecule has 1 amide bonds. The van der Waals surface area contributed by atoms with Crippen molar-refractivity contribution >= 4 is 14.2 Å². The molecule has 1 rings (SSSR count). The quantitative estimate of drug-likeness (QED) is 0.800. The van der Waals surface area contributed by atoms with Crippen LogP contribution in [0.2, 0.25) is 18.1 Å². The van der Waals surface area contributed by atoms with Crippen LogP contribution in [0.3, 0.4) is 0 Å². The van der Waals surface area contributed by atoms with Crippen LogP contribution in [0.25, 0.3) is 0 Å². The molecule has 0 saturated carbocycles. The van der Waals surface area contributed by atoms with Crippen molar-refractivity contribution in [2.24, 2.45) is 5.92 Å². The van der Waals surface area contributed by atoms with Gasteiger partial charge in [0.1, 0.15) is 0 Å². The van der Waals surface area contributed by atoms with Gasteiger partial charge in [-0.15, -0.1) is 0 Å². The number of hydrogen-bond donors (Lipinski definition) is 1. The first-order valence-corrected chi connectivity index (χ1v) is 9.92. The first-order valence-electron chi connectivity index (χ1n) is 7.02. The van der Waals surface area contributed by atoms with E-state index in [0.717, 1.165) is 6.42 Å². The van der Waals surface area contributed by atoms with Crippen molar-refractivity contribution in [3.63, 3.8) is 0 Å². The van der Waals surface area contributed by atoms with E-state index in [-0.39, 0.29) is 23.1 Å². The second-order valence-corrected chi connectivity index (χ2v) is 12.0. The maximum Gasteiger partial charge on any atom is 0.220 e. The van der Waals surface area contributed by atoms with Crippen molar-refractivity contribution in [2.45, 2.75) is 77.7 Å². The molecule has 0 bridgehead atoms. The fraction of sp³-hybridized carbons (Fsp3) is 0.929. The van der Waals surface area contributed by atoms with Crippen molar-refractivity contribution in [3.05, 3.63) is 0 Å². The summed E-state index contributed by atoms with van der Waals surface area (Å²) in [6.45, 7) is 15.6. The summed E-state index contributed by atoms with van der Waals surface area (Å²) in [7, 11) is -1.75. The zero-order valence-electron chi connectivity index (χ0n) is 13.0. The average molecular weight is 271 g/mol. The van der Waals surface area contributed by atoms with Gasteiger partial charge in [0.25, 0.3) is 0 Å². The Morgan fingerprint density at radius 1 is 1.33 bits per heavy atom. The van der Waals surface area contributed by atoms with Crippen molar-refractivity contribution in [2.75, 3.05) is 0 Å².